The first-order chi connectivity index (χ1) is 9.60. The molecule has 0 atom stereocenters. The lowest BCUT2D eigenvalue weighted by atomic mass is 9.87. The van der Waals surface area contributed by atoms with Crippen molar-refractivity contribution in [1.29, 1.82) is 0 Å². The highest BCUT2D eigenvalue weighted by Crippen LogP contribution is 2.29. The van der Waals surface area contributed by atoms with Crippen LogP contribution in [0.3, 0.4) is 0 Å². The van der Waals surface area contributed by atoms with Crippen molar-refractivity contribution in [1.82, 2.24) is 4.98 Å². The van der Waals surface area contributed by atoms with E-state index in [1.807, 2.05) is 0 Å². The van der Waals surface area contributed by atoms with Gasteiger partial charge in [0.15, 0.2) is 5.13 Å². The van der Waals surface area contributed by atoms with Gasteiger partial charge in [-0.1, -0.05) is 13.8 Å². The van der Waals surface area contributed by atoms with Gasteiger partial charge in [-0.2, -0.15) is 0 Å². The number of hydrogen-bond donors (Lipinski definition) is 0. The molecule has 0 bridgehead atoms. The highest BCUT2D eigenvalue weighted by atomic mass is 32.1. The third-order valence-corrected chi connectivity index (χ3v) is 5.06. The van der Waals surface area contributed by atoms with Crippen LogP contribution in [0, 0.1) is 11.8 Å². The molecule has 0 N–H and O–H groups in total. The van der Waals surface area contributed by atoms with E-state index in [2.05, 4.69) is 33.8 Å². The Morgan fingerprint density at radius 2 is 2.20 bits per heavy atom. The zero-order valence-corrected chi connectivity index (χ0v) is 13.4. The molecular weight excluding hydrogens is 272 g/mol. The molecule has 5 heteroatoms. The van der Waals surface area contributed by atoms with Crippen molar-refractivity contribution in [3.8, 4) is 0 Å². The fourth-order valence-corrected chi connectivity index (χ4v) is 3.56. The van der Waals surface area contributed by atoms with Gasteiger partial charge in [0.1, 0.15) is 0 Å². The number of esters is 1. The zero-order valence-electron chi connectivity index (χ0n) is 12.6. The molecule has 1 saturated heterocycles. The number of aromatic nitrogens is 1. The Bertz CT molecular complexity index is 437. The minimum absolute atomic E-state index is 0.169. The minimum atomic E-state index is -0.169. The Hall–Kier alpha value is -1.10. The average molecular weight is 296 g/mol. The SMILES string of the molecule is COC(=O)CCc1csc(N2CCC(C(C)C)CC2)n1. The molecule has 0 aromatic carbocycles. The third-order valence-electron chi connectivity index (χ3n) is 4.11. The first kappa shape index (κ1) is 15.3. The van der Waals surface area contributed by atoms with E-state index in [0.29, 0.717) is 12.8 Å². The lowest BCUT2D eigenvalue weighted by molar-refractivity contribution is -0.140. The highest BCUT2D eigenvalue weighted by molar-refractivity contribution is 7.13. The molecule has 20 heavy (non-hydrogen) atoms. The summed E-state index contributed by atoms with van der Waals surface area (Å²) in [6.07, 6.45) is 3.60. The molecule has 1 aromatic heterocycles. The molecular formula is C15H24N2O2S. The fourth-order valence-electron chi connectivity index (χ4n) is 2.65. The normalized spacial score (nSPS) is 16.7. The van der Waals surface area contributed by atoms with E-state index in [1.165, 1.54) is 20.0 Å². The molecule has 0 amide bonds. The second-order valence-electron chi connectivity index (χ2n) is 5.77. The topological polar surface area (TPSA) is 42.4 Å². The number of hydrogen-bond acceptors (Lipinski definition) is 5. The van der Waals surface area contributed by atoms with Crippen molar-refractivity contribution in [3.05, 3.63) is 11.1 Å². The third kappa shape index (κ3) is 3.95. The van der Waals surface area contributed by atoms with Crippen LogP contribution in [0.1, 0.15) is 38.8 Å². The van der Waals surface area contributed by atoms with Gasteiger partial charge in [0, 0.05) is 24.9 Å². The lowest BCUT2D eigenvalue weighted by Gasteiger charge is -2.33. The first-order valence-electron chi connectivity index (χ1n) is 7.36. The molecule has 0 aliphatic carbocycles. The molecule has 1 aliphatic rings. The van der Waals surface area contributed by atoms with Crippen LogP contribution in [0.25, 0.3) is 0 Å². The number of thiazole rings is 1. The predicted octanol–water partition coefficient (Wildman–Crippen LogP) is 3.12. The summed E-state index contributed by atoms with van der Waals surface area (Å²) < 4.78 is 4.66. The van der Waals surface area contributed by atoms with Crippen molar-refractivity contribution in [2.24, 2.45) is 11.8 Å². The van der Waals surface area contributed by atoms with E-state index in [1.54, 1.807) is 11.3 Å². The number of anilines is 1. The summed E-state index contributed by atoms with van der Waals surface area (Å²) in [4.78, 5) is 18.2. The van der Waals surface area contributed by atoms with E-state index < -0.39 is 0 Å². The van der Waals surface area contributed by atoms with Crippen LogP contribution < -0.4 is 4.90 Å². The zero-order chi connectivity index (χ0) is 14.5. The van der Waals surface area contributed by atoms with Gasteiger partial charge in [0.2, 0.25) is 0 Å². The highest BCUT2D eigenvalue weighted by Gasteiger charge is 2.23. The van der Waals surface area contributed by atoms with Gasteiger partial charge in [0.05, 0.1) is 19.2 Å². The lowest BCUT2D eigenvalue weighted by Crippen LogP contribution is -2.35. The molecule has 1 fully saturated rings. The van der Waals surface area contributed by atoms with Crippen LogP contribution in [0.4, 0.5) is 5.13 Å². The molecule has 0 spiro atoms. The summed E-state index contributed by atoms with van der Waals surface area (Å²) in [5, 5.41) is 3.17. The number of ether oxygens (including phenoxy) is 1. The molecule has 112 valence electrons. The van der Waals surface area contributed by atoms with Crippen LogP contribution >= 0.6 is 11.3 Å². The molecule has 2 heterocycles. The van der Waals surface area contributed by atoms with Gasteiger partial charge in [-0.05, 0) is 24.7 Å². The molecule has 0 saturated carbocycles. The van der Waals surface area contributed by atoms with Gasteiger partial charge in [-0.25, -0.2) is 4.98 Å². The minimum Gasteiger partial charge on any atom is -0.469 e. The summed E-state index contributed by atoms with van der Waals surface area (Å²) in [7, 11) is 1.42. The van der Waals surface area contributed by atoms with Crippen molar-refractivity contribution in [2.45, 2.75) is 39.5 Å². The second-order valence-corrected chi connectivity index (χ2v) is 6.60. The van der Waals surface area contributed by atoms with Gasteiger partial charge >= 0.3 is 5.97 Å². The van der Waals surface area contributed by atoms with Crippen molar-refractivity contribution < 1.29 is 9.53 Å². The number of aryl methyl sites for hydroxylation is 1. The largest absolute Gasteiger partial charge is 0.469 e. The monoisotopic (exact) mass is 296 g/mol. The van der Waals surface area contributed by atoms with Gasteiger partial charge in [-0.3, -0.25) is 4.79 Å². The second kappa shape index (κ2) is 7.07. The van der Waals surface area contributed by atoms with Crippen LogP contribution in [0.15, 0.2) is 5.38 Å². The number of rotatable bonds is 5. The van der Waals surface area contributed by atoms with E-state index in [-0.39, 0.29) is 5.97 Å². The van der Waals surface area contributed by atoms with Gasteiger partial charge in [-0.15, -0.1) is 11.3 Å². The van der Waals surface area contributed by atoms with E-state index in [0.717, 1.165) is 35.8 Å². The average Bonchev–Trinajstić information content (AvgIpc) is 2.93. The fraction of sp³-hybridized carbons (Fsp3) is 0.733. The Morgan fingerprint density at radius 3 is 2.80 bits per heavy atom. The number of piperidine rings is 1. The van der Waals surface area contributed by atoms with E-state index >= 15 is 0 Å². The number of carbonyl (C=O) groups is 1. The van der Waals surface area contributed by atoms with Crippen LogP contribution in [-0.2, 0) is 16.0 Å². The van der Waals surface area contributed by atoms with Crippen LogP contribution in [-0.4, -0.2) is 31.2 Å². The maximum atomic E-state index is 11.1. The number of nitrogens with zero attached hydrogens (tertiary/aromatic N) is 2. The Kier molecular flexibility index (Phi) is 5.40. The molecule has 1 aromatic rings. The summed E-state index contributed by atoms with van der Waals surface area (Å²) in [5.74, 6) is 1.46. The summed E-state index contributed by atoms with van der Waals surface area (Å²) in [5.41, 5.74) is 1.00. The van der Waals surface area contributed by atoms with Crippen LogP contribution in [0.2, 0.25) is 0 Å². The number of carbonyl (C=O) groups excluding carboxylic acids is 1. The standard InChI is InChI=1S/C15H24N2O2S/c1-11(2)12-6-8-17(9-7-12)15-16-13(10-20-15)4-5-14(18)19-3/h10-12H,4-9H2,1-3H3. The Morgan fingerprint density at radius 1 is 1.50 bits per heavy atom. The molecule has 0 radical (unpaired) electrons. The van der Waals surface area contributed by atoms with Gasteiger partial charge in [0.25, 0.3) is 0 Å². The van der Waals surface area contributed by atoms with Crippen LogP contribution in [0.5, 0.6) is 0 Å². The molecule has 4 nitrogen and oxygen atoms in total. The Labute approximate surface area is 125 Å². The van der Waals surface area contributed by atoms with Gasteiger partial charge < -0.3 is 9.64 Å². The molecule has 0 unspecified atom stereocenters. The van der Waals surface area contributed by atoms with E-state index in [4.69, 9.17) is 0 Å². The smallest absolute Gasteiger partial charge is 0.305 e. The summed E-state index contributed by atoms with van der Waals surface area (Å²) >= 11 is 1.69. The Balaban J connectivity index is 1.85. The maximum absolute atomic E-state index is 11.1. The van der Waals surface area contributed by atoms with Crippen molar-refractivity contribution in [2.75, 3.05) is 25.1 Å². The van der Waals surface area contributed by atoms with Crippen molar-refractivity contribution in [3.63, 3.8) is 0 Å². The van der Waals surface area contributed by atoms with E-state index in [9.17, 15) is 4.79 Å². The summed E-state index contributed by atoms with van der Waals surface area (Å²) in [6.45, 7) is 6.84. The predicted molar refractivity (Wildman–Crippen MR) is 82.2 cm³/mol. The maximum Gasteiger partial charge on any atom is 0.305 e. The quantitative estimate of drug-likeness (QED) is 0.783. The number of methoxy groups -OCH3 is 1. The van der Waals surface area contributed by atoms with Crippen molar-refractivity contribution >= 4 is 22.4 Å². The first-order valence-corrected chi connectivity index (χ1v) is 8.24. The molecule has 2 rings (SSSR count). The molecule has 1 aliphatic heterocycles. The summed E-state index contributed by atoms with van der Waals surface area (Å²) in [6, 6.07) is 0.